The fourth-order valence-corrected chi connectivity index (χ4v) is 1.52. The number of pyridine rings is 1. The third kappa shape index (κ3) is 1.63. The van der Waals surface area contributed by atoms with Gasteiger partial charge in [-0.2, -0.15) is 10.2 Å². The summed E-state index contributed by atoms with van der Waals surface area (Å²) in [5, 5.41) is 10.7. The molecule has 0 radical (unpaired) electrons. The quantitative estimate of drug-likeness (QED) is 0.669. The predicted octanol–water partition coefficient (Wildman–Crippen LogP) is 0.635. The molecule has 17 heavy (non-hydrogen) atoms. The summed E-state index contributed by atoms with van der Waals surface area (Å²) in [5.41, 5.74) is 8.00. The van der Waals surface area contributed by atoms with Crippen molar-refractivity contribution in [1.29, 1.82) is 0 Å². The number of rotatable bonds is 2. The minimum Gasteiger partial charge on any atom is -0.396 e. The largest absolute Gasteiger partial charge is 0.396 e. The fourth-order valence-electron chi connectivity index (χ4n) is 1.52. The first-order valence-electron chi connectivity index (χ1n) is 4.95. The zero-order chi connectivity index (χ0) is 11.7. The molecule has 0 atom stereocenters. The number of H-pyrrole nitrogens is 1. The van der Waals surface area contributed by atoms with Crippen molar-refractivity contribution >= 4 is 5.69 Å². The Hall–Kier alpha value is -2.70. The van der Waals surface area contributed by atoms with Gasteiger partial charge in [0.15, 0.2) is 5.82 Å². The molecule has 84 valence electrons. The third-order valence-electron chi connectivity index (χ3n) is 2.36. The maximum absolute atomic E-state index is 5.76. The maximum Gasteiger partial charge on any atom is 0.155 e. The predicted molar refractivity (Wildman–Crippen MR) is 61.1 cm³/mol. The molecule has 0 aliphatic carbocycles. The highest BCUT2D eigenvalue weighted by Crippen LogP contribution is 2.22. The van der Waals surface area contributed by atoms with Gasteiger partial charge in [-0.05, 0) is 12.1 Å². The van der Waals surface area contributed by atoms with Crippen molar-refractivity contribution in [1.82, 2.24) is 29.9 Å². The number of hydrogen-bond donors (Lipinski definition) is 2. The lowest BCUT2D eigenvalue weighted by Gasteiger charge is -2.01. The highest BCUT2D eigenvalue weighted by atomic mass is 15.3. The summed E-state index contributed by atoms with van der Waals surface area (Å²) in [4.78, 5) is 8.14. The Balaban J connectivity index is 1.99. The summed E-state index contributed by atoms with van der Waals surface area (Å²) in [6, 6.07) is 3.73. The van der Waals surface area contributed by atoms with Crippen molar-refractivity contribution in [2.45, 2.75) is 0 Å². The first-order chi connectivity index (χ1) is 8.34. The average Bonchev–Trinajstić information content (AvgIpc) is 3.00. The molecule has 3 heterocycles. The second kappa shape index (κ2) is 3.71. The van der Waals surface area contributed by atoms with E-state index < -0.39 is 0 Å². The molecule has 7 nitrogen and oxygen atoms in total. The molecule has 3 aromatic heterocycles. The van der Waals surface area contributed by atoms with Crippen LogP contribution in [0.5, 0.6) is 0 Å². The molecule has 0 saturated carbocycles. The Morgan fingerprint density at radius 1 is 1.24 bits per heavy atom. The molecule has 0 aromatic carbocycles. The van der Waals surface area contributed by atoms with Crippen molar-refractivity contribution in [2.24, 2.45) is 0 Å². The topological polar surface area (TPSA) is 98.3 Å². The molecule has 3 N–H and O–H groups in total. The lowest BCUT2D eigenvalue weighted by Crippen LogP contribution is -1.97. The van der Waals surface area contributed by atoms with Gasteiger partial charge in [-0.15, -0.1) is 0 Å². The Morgan fingerprint density at radius 2 is 2.18 bits per heavy atom. The molecule has 7 heteroatoms. The first-order valence-corrected chi connectivity index (χ1v) is 4.95. The summed E-state index contributed by atoms with van der Waals surface area (Å²) < 4.78 is 1.58. The Morgan fingerprint density at radius 3 is 2.76 bits per heavy atom. The number of nitrogens with zero attached hydrogens (tertiary/aromatic N) is 5. The minimum absolute atomic E-state index is 0.598. The van der Waals surface area contributed by atoms with Crippen LogP contribution in [0.1, 0.15) is 0 Å². The molecule has 0 aliphatic rings. The summed E-state index contributed by atoms with van der Waals surface area (Å²) >= 11 is 0. The molecule has 0 spiro atoms. The first kappa shape index (κ1) is 9.52. The fraction of sp³-hybridized carbons (Fsp3) is 0. The number of anilines is 1. The number of hydrogen-bond acceptors (Lipinski definition) is 5. The van der Waals surface area contributed by atoms with Gasteiger partial charge in [-0.1, -0.05) is 0 Å². The normalized spacial score (nSPS) is 10.6. The van der Waals surface area contributed by atoms with E-state index >= 15 is 0 Å². The number of nitrogen functional groups attached to an aromatic ring is 1. The van der Waals surface area contributed by atoms with E-state index in [0.717, 1.165) is 11.3 Å². The maximum atomic E-state index is 5.76. The van der Waals surface area contributed by atoms with Gasteiger partial charge in [0.2, 0.25) is 0 Å². The van der Waals surface area contributed by atoms with Crippen LogP contribution in [0.15, 0.2) is 37.2 Å². The van der Waals surface area contributed by atoms with E-state index in [0.29, 0.717) is 11.5 Å². The number of nitrogens with two attached hydrogens (primary N) is 1. The lowest BCUT2D eigenvalue weighted by molar-refractivity contribution is 0.845. The van der Waals surface area contributed by atoms with Crippen LogP contribution >= 0.6 is 0 Å². The van der Waals surface area contributed by atoms with Crippen molar-refractivity contribution in [3.8, 4) is 17.1 Å². The van der Waals surface area contributed by atoms with Gasteiger partial charge >= 0.3 is 0 Å². The molecule has 3 aromatic rings. The molecule has 0 bridgehead atoms. The number of aromatic nitrogens is 6. The van der Waals surface area contributed by atoms with Crippen LogP contribution in [0.4, 0.5) is 5.69 Å². The van der Waals surface area contributed by atoms with E-state index in [-0.39, 0.29) is 0 Å². The molecule has 3 rings (SSSR count). The van der Waals surface area contributed by atoms with E-state index in [1.807, 2.05) is 12.1 Å². The number of aromatic amines is 1. The van der Waals surface area contributed by atoms with E-state index in [9.17, 15) is 0 Å². The Bertz CT molecular complexity index is 608. The molecular weight excluding hydrogens is 218 g/mol. The molecule has 0 saturated heterocycles. The van der Waals surface area contributed by atoms with Crippen LogP contribution in [0, 0.1) is 0 Å². The summed E-state index contributed by atoms with van der Waals surface area (Å²) in [6.07, 6.45) is 6.33. The van der Waals surface area contributed by atoms with E-state index in [4.69, 9.17) is 5.73 Å². The highest BCUT2D eigenvalue weighted by molar-refractivity contribution is 5.71. The Labute approximate surface area is 96.3 Å². The second-order valence-corrected chi connectivity index (χ2v) is 3.45. The minimum atomic E-state index is 0.598. The molecule has 0 aliphatic heterocycles. The molecule has 0 unspecified atom stereocenters. The van der Waals surface area contributed by atoms with E-state index in [1.54, 1.807) is 23.4 Å². The van der Waals surface area contributed by atoms with Gasteiger partial charge in [0.05, 0.1) is 17.6 Å². The average molecular weight is 227 g/mol. The summed E-state index contributed by atoms with van der Waals surface area (Å²) in [6.45, 7) is 0. The molecule has 0 amide bonds. The van der Waals surface area contributed by atoms with Gasteiger partial charge in [-0.25, -0.2) is 14.6 Å². The van der Waals surface area contributed by atoms with Gasteiger partial charge in [0.1, 0.15) is 12.7 Å². The molecular formula is C10H9N7. The van der Waals surface area contributed by atoms with Crippen molar-refractivity contribution in [3.05, 3.63) is 37.2 Å². The molecule has 0 fully saturated rings. The third-order valence-corrected chi connectivity index (χ3v) is 2.36. The van der Waals surface area contributed by atoms with Gasteiger partial charge in [0.25, 0.3) is 0 Å². The van der Waals surface area contributed by atoms with Crippen LogP contribution < -0.4 is 5.73 Å². The highest BCUT2D eigenvalue weighted by Gasteiger charge is 2.05. The van der Waals surface area contributed by atoms with Gasteiger partial charge in [0, 0.05) is 11.8 Å². The number of nitrogens with one attached hydrogen (secondary N) is 1. The van der Waals surface area contributed by atoms with E-state index in [1.165, 1.54) is 6.33 Å². The van der Waals surface area contributed by atoms with Crippen LogP contribution in [-0.4, -0.2) is 29.9 Å². The summed E-state index contributed by atoms with van der Waals surface area (Å²) in [7, 11) is 0. The Kier molecular flexibility index (Phi) is 2.08. The lowest BCUT2D eigenvalue weighted by atomic mass is 10.2. The SMILES string of the molecule is Nc1cn[nH]c1-c1ccc(-n2cncn2)nc1. The van der Waals surface area contributed by atoms with Gasteiger partial charge < -0.3 is 5.73 Å². The van der Waals surface area contributed by atoms with Crippen LogP contribution in [0.25, 0.3) is 17.1 Å². The van der Waals surface area contributed by atoms with E-state index in [2.05, 4.69) is 25.3 Å². The monoisotopic (exact) mass is 227 g/mol. The second-order valence-electron chi connectivity index (χ2n) is 3.45. The van der Waals surface area contributed by atoms with Crippen LogP contribution in [0.2, 0.25) is 0 Å². The van der Waals surface area contributed by atoms with Crippen LogP contribution in [-0.2, 0) is 0 Å². The van der Waals surface area contributed by atoms with Gasteiger partial charge in [-0.3, -0.25) is 5.10 Å². The smallest absolute Gasteiger partial charge is 0.155 e. The zero-order valence-electron chi connectivity index (χ0n) is 8.78. The summed E-state index contributed by atoms with van der Waals surface area (Å²) in [5.74, 6) is 0.698. The standard InChI is InChI=1S/C10H9N7/c11-8-4-14-16-10(8)7-1-2-9(13-3-7)17-6-12-5-15-17/h1-6H,11H2,(H,14,16). The van der Waals surface area contributed by atoms with Crippen LogP contribution in [0.3, 0.4) is 0 Å². The van der Waals surface area contributed by atoms with Crippen molar-refractivity contribution in [2.75, 3.05) is 5.73 Å². The zero-order valence-corrected chi connectivity index (χ0v) is 8.78. The van der Waals surface area contributed by atoms with Crippen molar-refractivity contribution in [3.63, 3.8) is 0 Å². The van der Waals surface area contributed by atoms with Crippen molar-refractivity contribution < 1.29 is 0 Å².